The SMILES string of the molecule is [O-][N+](=Cc1ccccc1O)C1CCCCC1. The lowest BCUT2D eigenvalue weighted by Crippen LogP contribution is -2.25. The second-order valence-corrected chi connectivity index (χ2v) is 4.34. The van der Waals surface area contributed by atoms with Crippen LogP contribution in [0.25, 0.3) is 0 Å². The van der Waals surface area contributed by atoms with E-state index in [0.29, 0.717) is 5.56 Å². The molecule has 0 unspecified atom stereocenters. The Morgan fingerprint density at radius 2 is 1.88 bits per heavy atom. The summed E-state index contributed by atoms with van der Waals surface area (Å²) in [7, 11) is 0. The topological polar surface area (TPSA) is 46.3 Å². The van der Waals surface area contributed by atoms with Crippen LogP contribution >= 0.6 is 0 Å². The third kappa shape index (κ3) is 2.54. The molecule has 0 bridgehead atoms. The van der Waals surface area contributed by atoms with Gasteiger partial charge < -0.3 is 10.3 Å². The summed E-state index contributed by atoms with van der Waals surface area (Å²) in [4.78, 5) is 0. The van der Waals surface area contributed by atoms with Crippen LogP contribution in [0.1, 0.15) is 37.7 Å². The van der Waals surface area contributed by atoms with Gasteiger partial charge in [-0.3, -0.25) is 0 Å². The van der Waals surface area contributed by atoms with E-state index in [1.54, 1.807) is 18.2 Å². The smallest absolute Gasteiger partial charge is 0.185 e. The lowest BCUT2D eigenvalue weighted by atomic mass is 9.96. The highest BCUT2D eigenvalue weighted by Crippen LogP contribution is 2.20. The molecule has 0 heterocycles. The summed E-state index contributed by atoms with van der Waals surface area (Å²) in [6.45, 7) is 0. The van der Waals surface area contributed by atoms with Crippen molar-refractivity contribution in [2.75, 3.05) is 0 Å². The predicted molar refractivity (Wildman–Crippen MR) is 63.8 cm³/mol. The minimum atomic E-state index is 0.0911. The van der Waals surface area contributed by atoms with E-state index in [1.165, 1.54) is 12.6 Å². The molecule has 86 valence electrons. The summed E-state index contributed by atoms with van der Waals surface area (Å²) in [5.41, 5.74) is 0.600. The highest BCUT2D eigenvalue weighted by molar-refractivity contribution is 5.79. The van der Waals surface area contributed by atoms with Crippen LogP contribution in [-0.4, -0.2) is 22.1 Å². The quantitative estimate of drug-likeness (QED) is 0.360. The molecule has 1 aliphatic rings. The summed E-state index contributed by atoms with van der Waals surface area (Å²) in [5.74, 6) is 0.166. The van der Waals surface area contributed by atoms with Crippen molar-refractivity contribution in [2.45, 2.75) is 38.1 Å². The van der Waals surface area contributed by atoms with Gasteiger partial charge in [-0.1, -0.05) is 18.6 Å². The number of hydrogen-bond acceptors (Lipinski definition) is 2. The molecule has 0 radical (unpaired) electrons. The Hall–Kier alpha value is -1.51. The molecule has 1 fully saturated rings. The zero-order valence-electron chi connectivity index (χ0n) is 9.30. The van der Waals surface area contributed by atoms with Crippen molar-refractivity contribution >= 4 is 6.21 Å². The van der Waals surface area contributed by atoms with Gasteiger partial charge in [0.2, 0.25) is 0 Å². The maximum absolute atomic E-state index is 11.9. The van der Waals surface area contributed by atoms with Gasteiger partial charge in [0.15, 0.2) is 12.3 Å². The summed E-state index contributed by atoms with van der Waals surface area (Å²) in [6, 6.07) is 7.01. The molecule has 0 spiro atoms. The molecule has 3 heteroatoms. The van der Waals surface area contributed by atoms with Gasteiger partial charge in [0.25, 0.3) is 0 Å². The number of aromatic hydroxyl groups is 1. The van der Waals surface area contributed by atoms with Crippen molar-refractivity contribution in [3.8, 4) is 5.75 Å². The standard InChI is InChI=1S/C13H17NO2/c15-13-9-5-4-6-11(13)10-14(16)12-7-2-1-3-8-12/h4-6,9-10,12,15H,1-3,7-8H2. The van der Waals surface area contributed by atoms with Crippen LogP contribution in [0.15, 0.2) is 24.3 Å². The molecule has 0 aromatic heterocycles. The first kappa shape index (κ1) is 11.0. The average molecular weight is 219 g/mol. The van der Waals surface area contributed by atoms with Crippen LogP contribution in [0.4, 0.5) is 0 Å². The molecular weight excluding hydrogens is 202 g/mol. The van der Waals surface area contributed by atoms with E-state index >= 15 is 0 Å². The molecule has 1 saturated carbocycles. The Bertz CT molecular complexity index is 381. The van der Waals surface area contributed by atoms with Crippen LogP contribution in [0.5, 0.6) is 5.75 Å². The first-order valence-electron chi connectivity index (χ1n) is 5.86. The zero-order valence-corrected chi connectivity index (χ0v) is 9.30. The predicted octanol–water partition coefficient (Wildman–Crippen LogP) is 2.65. The first-order chi connectivity index (χ1) is 7.77. The lowest BCUT2D eigenvalue weighted by Gasteiger charge is -2.20. The fourth-order valence-electron chi connectivity index (χ4n) is 2.17. The average Bonchev–Trinajstić information content (AvgIpc) is 2.33. The van der Waals surface area contributed by atoms with Gasteiger partial charge in [-0.15, -0.1) is 0 Å². The fourth-order valence-corrected chi connectivity index (χ4v) is 2.17. The van der Waals surface area contributed by atoms with Gasteiger partial charge >= 0.3 is 0 Å². The molecule has 1 aromatic rings. The summed E-state index contributed by atoms with van der Waals surface area (Å²) >= 11 is 0. The Balaban J connectivity index is 2.13. The molecule has 16 heavy (non-hydrogen) atoms. The maximum Gasteiger partial charge on any atom is 0.185 e. The molecule has 0 atom stereocenters. The Morgan fingerprint density at radius 1 is 1.19 bits per heavy atom. The van der Waals surface area contributed by atoms with Crippen LogP contribution in [0, 0.1) is 5.21 Å². The van der Waals surface area contributed by atoms with Gasteiger partial charge in [0.1, 0.15) is 5.75 Å². The van der Waals surface area contributed by atoms with E-state index in [4.69, 9.17) is 0 Å². The molecule has 0 aliphatic heterocycles. The van der Waals surface area contributed by atoms with Gasteiger partial charge in [-0.25, -0.2) is 4.74 Å². The molecule has 1 N–H and O–H groups in total. The Morgan fingerprint density at radius 3 is 2.56 bits per heavy atom. The monoisotopic (exact) mass is 219 g/mol. The highest BCUT2D eigenvalue weighted by Gasteiger charge is 2.19. The number of para-hydroxylation sites is 1. The second kappa shape index (κ2) is 5.01. The normalized spacial score (nSPS) is 18.6. The van der Waals surface area contributed by atoms with E-state index in [1.807, 2.05) is 6.07 Å². The molecule has 3 nitrogen and oxygen atoms in total. The largest absolute Gasteiger partial charge is 0.624 e. The minimum Gasteiger partial charge on any atom is -0.624 e. The summed E-state index contributed by atoms with van der Waals surface area (Å²) in [5, 5.41) is 21.4. The van der Waals surface area contributed by atoms with Crippen molar-refractivity contribution in [1.82, 2.24) is 0 Å². The van der Waals surface area contributed by atoms with Crippen molar-refractivity contribution < 1.29 is 9.85 Å². The maximum atomic E-state index is 11.9. The summed E-state index contributed by atoms with van der Waals surface area (Å²) in [6.07, 6.45) is 6.95. The highest BCUT2D eigenvalue weighted by atomic mass is 16.5. The van der Waals surface area contributed by atoms with Crippen LogP contribution in [0.2, 0.25) is 0 Å². The van der Waals surface area contributed by atoms with Gasteiger partial charge in [-0.05, 0) is 25.0 Å². The van der Waals surface area contributed by atoms with Crippen LogP contribution in [0.3, 0.4) is 0 Å². The summed E-state index contributed by atoms with van der Waals surface area (Å²) < 4.78 is 1.01. The van der Waals surface area contributed by atoms with Crippen molar-refractivity contribution in [3.63, 3.8) is 0 Å². The Kier molecular flexibility index (Phi) is 3.44. The molecule has 2 rings (SSSR count). The zero-order chi connectivity index (χ0) is 11.4. The van der Waals surface area contributed by atoms with E-state index in [-0.39, 0.29) is 11.8 Å². The number of phenolic OH excluding ortho intramolecular Hbond substituents is 1. The third-order valence-electron chi connectivity index (χ3n) is 3.14. The van der Waals surface area contributed by atoms with E-state index in [0.717, 1.165) is 30.4 Å². The van der Waals surface area contributed by atoms with Crippen LogP contribution < -0.4 is 0 Å². The molecule has 1 aliphatic carbocycles. The number of nitrogens with zero attached hydrogens (tertiary/aromatic N) is 1. The van der Waals surface area contributed by atoms with Crippen molar-refractivity contribution in [3.05, 3.63) is 35.0 Å². The molecule has 1 aromatic carbocycles. The third-order valence-corrected chi connectivity index (χ3v) is 3.14. The van der Waals surface area contributed by atoms with Gasteiger partial charge in [0, 0.05) is 12.8 Å². The lowest BCUT2D eigenvalue weighted by molar-refractivity contribution is -0.500. The van der Waals surface area contributed by atoms with Gasteiger partial charge in [0.05, 0.1) is 5.56 Å². The fraction of sp³-hybridized carbons (Fsp3) is 0.462. The van der Waals surface area contributed by atoms with Crippen LogP contribution in [-0.2, 0) is 0 Å². The number of hydroxylamine groups is 1. The Labute approximate surface area is 95.6 Å². The van der Waals surface area contributed by atoms with Crippen molar-refractivity contribution in [1.29, 1.82) is 0 Å². The molecule has 0 amide bonds. The van der Waals surface area contributed by atoms with Gasteiger partial charge in [-0.2, -0.15) is 0 Å². The number of benzene rings is 1. The number of rotatable bonds is 2. The van der Waals surface area contributed by atoms with E-state index < -0.39 is 0 Å². The molecular formula is C13H17NO2. The number of phenols is 1. The minimum absolute atomic E-state index is 0.0911. The first-order valence-corrected chi connectivity index (χ1v) is 5.86. The van der Waals surface area contributed by atoms with E-state index in [2.05, 4.69) is 0 Å². The number of hydrogen-bond donors (Lipinski definition) is 1. The van der Waals surface area contributed by atoms with Crippen molar-refractivity contribution in [2.24, 2.45) is 0 Å². The second-order valence-electron chi connectivity index (χ2n) is 4.34. The van der Waals surface area contributed by atoms with E-state index in [9.17, 15) is 10.3 Å². The molecule has 0 saturated heterocycles.